The van der Waals surface area contributed by atoms with Crippen LogP contribution in [-0.2, 0) is 9.53 Å². The van der Waals surface area contributed by atoms with Crippen molar-refractivity contribution in [2.45, 2.75) is 26.9 Å². The molecule has 148 valence electrons. The average molecular weight is 421 g/mol. The highest BCUT2D eigenvalue weighted by Gasteiger charge is 2.27. The van der Waals surface area contributed by atoms with Gasteiger partial charge in [-0.05, 0) is 51.1 Å². The molecule has 0 unspecified atom stereocenters. The average Bonchev–Trinajstić information content (AvgIpc) is 3.18. The second-order valence-electron chi connectivity index (χ2n) is 6.63. The first-order chi connectivity index (χ1) is 13.3. The molecule has 1 aliphatic rings. The van der Waals surface area contributed by atoms with Crippen LogP contribution in [0, 0.1) is 13.8 Å². The Bertz CT molecular complexity index is 923. The molecule has 1 saturated heterocycles. The molecule has 1 aromatic carbocycles. The highest BCUT2D eigenvalue weighted by molar-refractivity contribution is 8.13. The molecule has 1 atom stereocenters. The molecular weight excluding hydrogens is 400 g/mol. The summed E-state index contributed by atoms with van der Waals surface area (Å²) in [5.41, 5.74) is 3.05. The van der Waals surface area contributed by atoms with Crippen LogP contribution < -0.4 is 0 Å². The number of ether oxygens (including phenoxy) is 1. The number of halogens is 1. The second-order valence-corrected chi connectivity index (χ2v) is 8.11. The molecular formula is C20H21ClN2O4S. The Balaban J connectivity index is 1.73. The van der Waals surface area contributed by atoms with E-state index in [0.29, 0.717) is 22.9 Å². The number of carbonyl (C=O) groups is 3. The number of hydrogen-bond donors (Lipinski definition) is 0. The number of amides is 1. The number of thioether (sulfide) groups is 1. The van der Waals surface area contributed by atoms with Crippen LogP contribution in [0.4, 0.5) is 4.79 Å². The van der Waals surface area contributed by atoms with E-state index >= 15 is 0 Å². The molecule has 0 N–H and O–H groups in total. The van der Waals surface area contributed by atoms with Crippen molar-refractivity contribution >= 4 is 40.4 Å². The molecule has 0 spiro atoms. The van der Waals surface area contributed by atoms with Gasteiger partial charge in [-0.25, -0.2) is 0 Å². The maximum atomic E-state index is 12.9. The van der Waals surface area contributed by atoms with E-state index < -0.39 is 12.1 Å². The van der Waals surface area contributed by atoms with Crippen molar-refractivity contribution in [1.29, 1.82) is 0 Å². The van der Waals surface area contributed by atoms with Gasteiger partial charge in [0.05, 0.1) is 0 Å². The lowest BCUT2D eigenvalue weighted by Crippen LogP contribution is -2.34. The second kappa shape index (κ2) is 8.41. The normalized spacial score (nSPS) is 15.0. The summed E-state index contributed by atoms with van der Waals surface area (Å²) in [6.45, 7) is 5.70. The Morgan fingerprint density at radius 3 is 2.54 bits per heavy atom. The Hall–Kier alpha value is -2.25. The van der Waals surface area contributed by atoms with E-state index in [1.165, 1.54) is 16.7 Å². The number of Topliss-reactive ketones (excluding diaryl/α,β-unsaturated/α-hetero) is 1. The van der Waals surface area contributed by atoms with Crippen LogP contribution in [0.5, 0.6) is 0 Å². The van der Waals surface area contributed by atoms with E-state index in [2.05, 4.69) is 0 Å². The number of rotatable bonds is 6. The highest BCUT2D eigenvalue weighted by atomic mass is 35.5. The van der Waals surface area contributed by atoms with Gasteiger partial charge in [0.1, 0.15) is 6.54 Å². The summed E-state index contributed by atoms with van der Waals surface area (Å²) in [7, 11) is 0. The van der Waals surface area contributed by atoms with E-state index in [9.17, 15) is 14.4 Å². The van der Waals surface area contributed by atoms with Crippen LogP contribution in [0.15, 0.2) is 30.3 Å². The Morgan fingerprint density at radius 1 is 1.25 bits per heavy atom. The summed E-state index contributed by atoms with van der Waals surface area (Å²) in [4.78, 5) is 38.0. The molecule has 8 heteroatoms. The summed E-state index contributed by atoms with van der Waals surface area (Å²) in [6.07, 6.45) is -0.933. The van der Waals surface area contributed by atoms with Crippen molar-refractivity contribution in [3.63, 3.8) is 0 Å². The first-order valence-electron chi connectivity index (χ1n) is 8.88. The number of hydrogen-bond acceptors (Lipinski definition) is 5. The van der Waals surface area contributed by atoms with Crippen LogP contribution >= 0.6 is 23.4 Å². The van der Waals surface area contributed by atoms with E-state index in [0.717, 1.165) is 17.1 Å². The molecule has 3 rings (SSSR count). The smallest absolute Gasteiger partial charge is 0.326 e. The van der Waals surface area contributed by atoms with Gasteiger partial charge >= 0.3 is 5.97 Å². The van der Waals surface area contributed by atoms with Crippen LogP contribution in [-0.4, -0.2) is 51.4 Å². The molecule has 1 aliphatic heterocycles. The lowest BCUT2D eigenvalue weighted by molar-refractivity contribution is -0.146. The van der Waals surface area contributed by atoms with Gasteiger partial charge in [0.15, 0.2) is 6.10 Å². The largest absolute Gasteiger partial charge is 0.453 e. The van der Waals surface area contributed by atoms with E-state index in [1.54, 1.807) is 25.1 Å². The minimum absolute atomic E-state index is 0.132. The van der Waals surface area contributed by atoms with Gasteiger partial charge in [-0.15, -0.1) is 0 Å². The first-order valence-corrected chi connectivity index (χ1v) is 10.2. The van der Waals surface area contributed by atoms with Gasteiger partial charge in [0.25, 0.3) is 5.24 Å². The molecule has 1 amide bonds. The van der Waals surface area contributed by atoms with Crippen molar-refractivity contribution in [1.82, 2.24) is 9.47 Å². The maximum Gasteiger partial charge on any atom is 0.326 e. The molecule has 0 bridgehead atoms. The fourth-order valence-corrected chi connectivity index (χ4v) is 4.18. The lowest BCUT2D eigenvalue weighted by Gasteiger charge is -2.17. The van der Waals surface area contributed by atoms with Crippen LogP contribution in [0.1, 0.15) is 28.7 Å². The lowest BCUT2D eigenvalue weighted by atomic mass is 10.1. The summed E-state index contributed by atoms with van der Waals surface area (Å²) in [6, 6.07) is 9.13. The van der Waals surface area contributed by atoms with Gasteiger partial charge < -0.3 is 14.2 Å². The van der Waals surface area contributed by atoms with E-state index in [1.807, 2.05) is 30.5 Å². The van der Waals surface area contributed by atoms with Gasteiger partial charge in [0.2, 0.25) is 5.78 Å². The Kier molecular flexibility index (Phi) is 6.15. The standard InChI is InChI=1S/C20H21ClN2O4S/c1-12-10-17(13(2)23(12)16-6-4-15(21)5-7-16)19(25)14(3)27-18(24)11-22-8-9-28-20(22)26/h4-7,10,14H,8-9,11H2,1-3H3/t14-/m0/s1. The third-order valence-corrected chi connectivity index (χ3v) is 5.77. The fourth-order valence-electron chi connectivity index (χ4n) is 3.23. The zero-order valence-electron chi connectivity index (χ0n) is 15.9. The quantitative estimate of drug-likeness (QED) is 0.521. The maximum absolute atomic E-state index is 12.9. The van der Waals surface area contributed by atoms with Crippen molar-refractivity contribution in [2.75, 3.05) is 18.8 Å². The van der Waals surface area contributed by atoms with E-state index in [-0.39, 0.29) is 17.6 Å². The van der Waals surface area contributed by atoms with Crippen molar-refractivity contribution < 1.29 is 19.1 Å². The topological polar surface area (TPSA) is 68.6 Å². The van der Waals surface area contributed by atoms with E-state index in [4.69, 9.17) is 16.3 Å². The number of benzene rings is 1. The predicted molar refractivity (Wildman–Crippen MR) is 110 cm³/mol. The molecule has 28 heavy (non-hydrogen) atoms. The SMILES string of the molecule is Cc1cc(C(=O)[C@H](C)OC(=O)CN2CCSC2=O)c(C)n1-c1ccc(Cl)cc1. The molecule has 2 aromatic rings. The highest BCUT2D eigenvalue weighted by Crippen LogP contribution is 2.24. The minimum Gasteiger partial charge on any atom is -0.453 e. The van der Waals surface area contributed by atoms with Gasteiger partial charge in [0, 0.05) is 40.0 Å². The number of nitrogens with zero attached hydrogens (tertiary/aromatic N) is 2. The number of aromatic nitrogens is 1. The Labute approximate surface area is 172 Å². The minimum atomic E-state index is -0.933. The monoisotopic (exact) mass is 420 g/mol. The zero-order valence-corrected chi connectivity index (χ0v) is 17.5. The van der Waals surface area contributed by atoms with Crippen LogP contribution in [0.25, 0.3) is 5.69 Å². The number of aryl methyl sites for hydroxylation is 1. The summed E-state index contributed by atoms with van der Waals surface area (Å²) >= 11 is 7.13. The Morgan fingerprint density at radius 2 is 1.93 bits per heavy atom. The van der Waals surface area contributed by atoms with Crippen molar-refractivity contribution in [3.8, 4) is 5.69 Å². The van der Waals surface area contributed by atoms with Crippen molar-refractivity contribution in [3.05, 3.63) is 52.3 Å². The van der Waals surface area contributed by atoms with Gasteiger partial charge in [-0.1, -0.05) is 23.4 Å². The summed E-state index contributed by atoms with van der Waals surface area (Å²) < 4.78 is 7.24. The third-order valence-electron chi connectivity index (χ3n) is 4.62. The number of ketones is 1. The fraction of sp³-hybridized carbons (Fsp3) is 0.350. The molecule has 0 saturated carbocycles. The molecule has 0 radical (unpaired) electrons. The number of carbonyl (C=O) groups excluding carboxylic acids is 3. The molecule has 0 aliphatic carbocycles. The predicted octanol–water partition coefficient (Wildman–Crippen LogP) is 4.03. The molecule has 1 aromatic heterocycles. The van der Waals surface area contributed by atoms with Gasteiger partial charge in [-0.2, -0.15) is 0 Å². The summed E-state index contributed by atoms with van der Waals surface area (Å²) in [5, 5.41) is 0.500. The first kappa shape index (κ1) is 20.5. The third kappa shape index (κ3) is 4.25. The van der Waals surface area contributed by atoms with Crippen molar-refractivity contribution in [2.24, 2.45) is 0 Å². The molecule has 1 fully saturated rings. The van der Waals surface area contributed by atoms with Crippen LogP contribution in [0.3, 0.4) is 0 Å². The summed E-state index contributed by atoms with van der Waals surface area (Å²) in [5.74, 6) is -0.191. The van der Waals surface area contributed by atoms with Gasteiger partial charge in [-0.3, -0.25) is 14.4 Å². The number of esters is 1. The molecule has 6 nitrogen and oxygen atoms in total. The zero-order chi connectivity index (χ0) is 20.4. The van der Waals surface area contributed by atoms with Crippen LogP contribution in [0.2, 0.25) is 5.02 Å². The molecule has 2 heterocycles.